The van der Waals surface area contributed by atoms with Crippen LogP contribution in [0.5, 0.6) is 0 Å². The summed E-state index contributed by atoms with van der Waals surface area (Å²) in [5, 5.41) is 0. The molecule has 1 saturated heterocycles. The van der Waals surface area contributed by atoms with Crippen molar-refractivity contribution in [1.29, 1.82) is 0 Å². The van der Waals surface area contributed by atoms with E-state index < -0.39 is 0 Å². The molecule has 1 aliphatic heterocycles. The van der Waals surface area contributed by atoms with E-state index in [1.165, 1.54) is 0 Å². The number of aryl methyl sites for hydroxylation is 4. The molecule has 0 radical (unpaired) electrons. The maximum atomic E-state index is 5.67. The van der Waals surface area contributed by atoms with Crippen molar-refractivity contribution in [3.05, 3.63) is 34.9 Å². The fraction of sp³-hybridized carbons (Fsp3) is 0.562. The first-order chi connectivity index (χ1) is 10.5. The topological polar surface area (TPSA) is 58.3 Å². The fourth-order valence-corrected chi connectivity index (χ4v) is 2.74. The van der Waals surface area contributed by atoms with Crippen molar-refractivity contribution in [2.45, 2.75) is 34.2 Å². The van der Waals surface area contributed by atoms with Gasteiger partial charge in [0.25, 0.3) is 0 Å². The Morgan fingerprint density at radius 3 is 2.36 bits per heavy atom. The van der Waals surface area contributed by atoms with Crippen LogP contribution in [0.25, 0.3) is 0 Å². The lowest BCUT2D eigenvalue weighted by Gasteiger charge is -2.35. The maximum Gasteiger partial charge on any atom is 0.208 e. The summed E-state index contributed by atoms with van der Waals surface area (Å²) in [7, 11) is 0. The number of anilines is 1. The zero-order valence-corrected chi connectivity index (χ0v) is 13.8. The molecule has 22 heavy (non-hydrogen) atoms. The summed E-state index contributed by atoms with van der Waals surface area (Å²) in [6, 6.07) is 0. The Morgan fingerprint density at radius 2 is 1.73 bits per heavy atom. The Bertz CT molecular complexity index is 639. The van der Waals surface area contributed by atoms with Gasteiger partial charge in [0, 0.05) is 32.4 Å². The van der Waals surface area contributed by atoms with E-state index in [0.29, 0.717) is 0 Å². The number of nitrogens with zero attached hydrogens (tertiary/aromatic N) is 5. The molecule has 3 heterocycles. The second-order valence-electron chi connectivity index (χ2n) is 5.93. The van der Waals surface area contributed by atoms with Crippen LogP contribution in [-0.2, 0) is 6.54 Å². The molecular formula is C16H23N5O. The molecule has 2 aromatic heterocycles. The zero-order valence-electron chi connectivity index (χ0n) is 13.8. The van der Waals surface area contributed by atoms with Gasteiger partial charge in [-0.15, -0.1) is 0 Å². The third-order valence-electron chi connectivity index (χ3n) is 4.15. The maximum absolute atomic E-state index is 5.67. The zero-order chi connectivity index (χ0) is 15.7. The standard InChI is InChI=1S/C16H23N5O/c1-11-9-17-13(3)16(18-11)21-7-5-20(6-8-21)10-15-19-12(2)14(4)22-15/h9H,5-8,10H2,1-4H3. The van der Waals surface area contributed by atoms with Crippen LogP contribution < -0.4 is 4.90 Å². The van der Waals surface area contributed by atoms with Crippen LogP contribution in [0.2, 0.25) is 0 Å². The highest BCUT2D eigenvalue weighted by atomic mass is 16.4. The van der Waals surface area contributed by atoms with E-state index in [2.05, 4.69) is 24.8 Å². The van der Waals surface area contributed by atoms with Gasteiger partial charge in [0.2, 0.25) is 5.89 Å². The van der Waals surface area contributed by atoms with Crippen molar-refractivity contribution in [2.75, 3.05) is 31.1 Å². The van der Waals surface area contributed by atoms with E-state index in [4.69, 9.17) is 4.42 Å². The minimum atomic E-state index is 0.779. The summed E-state index contributed by atoms with van der Waals surface area (Å²) < 4.78 is 5.67. The van der Waals surface area contributed by atoms with Gasteiger partial charge in [-0.1, -0.05) is 0 Å². The Balaban J connectivity index is 1.61. The molecular weight excluding hydrogens is 278 g/mol. The van der Waals surface area contributed by atoms with E-state index >= 15 is 0 Å². The number of rotatable bonds is 3. The van der Waals surface area contributed by atoms with Gasteiger partial charge in [-0.2, -0.15) is 0 Å². The van der Waals surface area contributed by atoms with Gasteiger partial charge >= 0.3 is 0 Å². The first-order valence-electron chi connectivity index (χ1n) is 7.73. The molecule has 0 spiro atoms. The highest BCUT2D eigenvalue weighted by molar-refractivity contribution is 5.43. The third kappa shape index (κ3) is 3.11. The lowest BCUT2D eigenvalue weighted by atomic mass is 10.3. The average molecular weight is 301 g/mol. The molecule has 0 atom stereocenters. The molecule has 0 unspecified atom stereocenters. The van der Waals surface area contributed by atoms with Crippen LogP contribution >= 0.6 is 0 Å². The molecule has 0 aliphatic carbocycles. The smallest absolute Gasteiger partial charge is 0.208 e. The minimum Gasteiger partial charge on any atom is -0.444 e. The summed E-state index contributed by atoms with van der Waals surface area (Å²) >= 11 is 0. The molecule has 0 N–H and O–H groups in total. The summed E-state index contributed by atoms with van der Waals surface area (Å²) in [5.41, 5.74) is 2.95. The van der Waals surface area contributed by atoms with E-state index in [1.807, 2.05) is 33.9 Å². The van der Waals surface area contributed by atoms with Gasteiger partial charge in [-0.25, -0.2) is 9.97 Å². The molecule has 6 heteroatoms. The lowest BCUT2D eigenvalue weighted by molar-refractivity contribution is 0.224. The van der Waals surface area contributed by atoms with Crippen LogP contribution in [0, 0.1) is 27.7 Å². The van der Waals surface area contributed by atoms with E-state index in [0.717, 1.165) is 67.3 Å². The van der Waals surface area contributed by atoms with Gasteiger partial charge in [0.1, 0.15) is 11.6 Å². The molecule has 6 nitrogen and oxygen atoms in total. The summed E-state index contributed by atoms with van der Waals surface area (Å²) in [6.07, 6.45) is 1.82. The van der Waals surface area contributed by atoms with Crippen LogP contribution in [0.3, 0.4) is 0 Å². The quantitative estimate of drug-likeness (QED) is 0.864. The van der Waals surface area contributed by atoms with E-state index in [-0.39, 0.29) is 0 Å². The number of hydrogen-bond donors (Lipinski definition) is 0. The van der Waals surface area contributed by atoms with Crippen LogP contribution in [0.15, 0.2) is 10.6 Å². The van der Waals surface area contributed by atoms with Crippen molar-refractivity contribution in [1.82, 2.24) is 19.9 Å². The SMILES string of the molecule is Cc1cnc(C)c(N2CCN(Cc3nc(C)c(C)o3)CC2)n1. The van der Waals surface area contributed by atoms with Gasteiger partial charge in [-0.3, -0.25) is 9.88 Å². The first-order valence-corrected chi connectivity index (χ1v) is 7.73. The first kappa shape index (κ1) is 15.0. The summed E-state index contributed by atoms with van der Waals surface area (Å²) in [4.78, 5) is 18.2. The van der Waals surface area contributed by atoms with Crippen molar-refractivity contribution >= 4 is 5.82 Å². The molecule has 2 aromatic rings. The van der Waals surface area contributed by atoms with Crippen molar-refractivity contribution < 1.29 is 4.42 Å². The Kier molecular flexibility index (Phi) is 4.11. The second-order valence-corrected chi connectivity index (χ2v) is 5.93. The van der Waals surface area contributed by atoms with Gasteiger partial charge < -0.3 is 9.32 Å². The molecule has 1 fully saturated rings. The van der Waals surface area contributed by atoms with Crippen molar-refractivity contribution in [2.24, 2.45) is 0 Å². The molecule has 3 rings (SSSR count). The molecule has 0 amide bonds. The minimum absolute atomic E-state index is 0.779. The Morgan fingerprint density at radius 1 is 1.00 bits per heavy atom. The predicted molar refractivity (Wildman–Crippen MR) is 85.0 cm³/mol. The number of hydrogen-bond acceptors (Lipinski definition) is 6. The van der Waals surface area contributed by atoms with E-state index in [1.54, 1.807) is 0 Å². The highest BCUT2D eigenvalue weighted by Gasteiger charge is 2.21. The third-order valence-corrected chi connectivity index (χ3v) is 4.15. The van der Waals surface area contributed by atoms with Crippen LogP contribution in [0.1, 0.15) is 28.7 Å². The van der Waals surface area contributed by atoms with Gasteiger partial charge in [-0.05, 0) is 27.7 Å². The number of oxazole rings is 1. The lowest BCUT2D eigenvalue weighted by Crippen LogP contribution is -2.46. The molecule has 0 aromatic carbocycles. The van der Waals surface area contributed by atoms with Gasteiger partial charge in [0.05, 0.1) is 23.6 Å². The van der Waals surface area contributed by atoms with E-state index in [9.17, 15) is 0 Å². The second kappa shape index (κ2) is 6.04. The van der Waals surface area contributed by atoms with Crippen molar-refractivity contribution in [3.63, 3.8) is 0 Å². The fourth-order valence-electron chi connectivity index (χ4n) is 2.74. The number of aromatic nitrogens is 3. The van der Waals surface area contributed by atoms with Gasteiger partial charge in [0.15, 0.2) is 0 Å². The molecule has 0 bridgehead atoms. The summed E-state index contributed by atoms with van der Waals surface area (Å²) in [6.45, 7) is 12.6. The largest absolute Gasteiger partial charge is 0.444 e. The predicted octanol–water partition coefficient (Wildman–Crippen LogP) is 2.02. The average Bonchev–Trinajstić information content (AvgIpc) is 2.81. The molecule has 1 aliphatic rings. The summed E-state index contributed by atoms with van der Waals surface area (Å²) in [5.74, 6) is 2.75. The van der Waals surface area contributed by atoms with Crippen LogP contribution in [0.4, 0.5) is 5.82 Å². The monoisotopic (exact) mass is 301 g/mol. The highest BCUT2D eigenvalue weighted by Crippen LogP contribution is 2.18. The van der Waals surface area contributed by atoms with Crippen molar-refractivity contribution in [3.8, 4) is 0 Å². The molecule has 0 saturated carbocycles. The number of piperazine rings is 1. The van der Waals surface area contributed by atoms with Crippen LogP contribution in [-0.4, -0.2) is 46.0 Å². The Hall–Kier alpha value is -1.95. The Labute approximate surface area is 131 Å². The molecule has 118 valence electrons. The normalized spacial score (nSPS) is 16.3.